The Balaban J connectivity index is -0.000000636. The molecule has 0 fully saturated rings. The van der Waals surface area contributed by atoms with Crippen LogP contribution in [0.1, 0.15) is 93.4 Å². The molecule has 0 aromatic heterocycles. The molecule has 0 aromatic rings. The lowest BCUT2D eigenvalue weighted by molar-refractivity contribution is -0.146. The summed E-state index contributed by atoms with van der Waals surface area (Å²) < 4.78 is 5.17. The molecule has 24 heavy (non-hydrogen) atoms. The second kappa shape index (κ2) is 21.7. The van der Waals surface area contributed by atoms with E-state index < -0.39 is 5.97 Å². The van der Waals surface area contributed by atoms with Crippen LogP contribution in [-0.4, -0.2) is 23.1 Å². The van der Waals surface area contributed by atoms with E-state index in [9.17, 15) is 4.79 Å². The van der Waals surface area contributed by atoms with Gasteiger partial charge in [0.15, 0.2) is 0 Å². The highest BCUT2D eigenvalue weighted by Crippen LogP contribution is 2.16. The minimum Gasteiger partial charge on any atom is -0.481 e. The van der Waals surface area contributed by atoms with Crippen molar-refractivity contribution >= 4 is 11.9 Å². The molecule has 0 aliphatic heterocycles. The fourth-order valence-electron chi connectivity index (χ4n) is 2.12. The summed E-state index contributed by atoms with van der Waals surface area (Å²) in [6.07, 6.45) is 13.1. The van der Waals surface area contributed by atoms with Gasteiger partial charge < -0.3 is 9.84 Å². The smallest absolute Gasteiger partial charge is 0.302 e. The van der Waals surface area contributed by atoms with Gasteiger partial charge in [-0.2, -0.15) is 0 Å². The lowest BCUT2D eigenvalue weighted by Gasteiger charge is -2.16. The molecule has 2 atom stereocenters. The third kappa shape index (κ3) is 28.8. The molecule has 0 aromatic carbocycles. The van der Waals surface area contributed by atoms with Crippen molar-refractivity contribution < 1.29 is 19.4 Å². The first-order valence-electron chi connectivity index (χ1n) is 9.36. The summed E-state index contributed by atoms with van der Waals surface area (Å²) in [4.78, 5) is 19.8. The molecule has 0 aliphatic carbocycles. The molecule has 0 saturated heterocycles. The van der Waals surface area contributed by atoms with Gasteiger partial charge in [-0.1, -0.05) is 59.1 Å². The number of allylic oxidation sites excluding steroid dienone is 2. The number of aliphatic carboxylic acids is 1. The standard InChI is InChI=1S/C16H30O2.C2H4O2.C2H6/c1-5-7-8-9-10-11-12-16(6-2)13-14(3)18-15(4)17;1-2(3)4;1-2/h11-12,14,16H,5-10,13H2,1-4H3;1H3,(H,3,4);1-2H3/b12-11+;;/t14-,16?;;/m0../s1. The van der Waals surface area contributed by atoms with Crippen LogP contribution in [0.25, 0.3) is 0 Å². The highest BCUT2D eigenvalue weighted by atomic mass is 16.5. The van der Waals surface area contributed by atoms with E-state index in [-0.39, 0.29) is 12.1 Å². The van der Waals surface area contributed by atoms with E-state index in [0.29, 0.717) is 5.92 Å². The Morgan fingerprint density at radius 1 is 1.08 bits per heavy atom. The molecule has 0 aliphatic rings. The maximum atomic E-state index is 10.8. The summed E-state index contributed by atoms with van der Waals surface area (Å²) in [5.41, 5.74) is 0. The second-order valence-electron chi connectivity index (χ2n) is 5.62. The molecule has 0 amide bonds. The van der Waals surface area contributed by atoms with E-state index in [1.165, 1.54) is 39.0 Å². The van der Waals surface area contributed by atoms with Crippen molar-refractivity contribution in [3.8, 4) is 0 Å². The minimum absolute atomic E-state index is 0.0252. The zero-order valence-electron chi connectivity index (χ0n) is 16.9. The van der Waals surface area contributed by atoms with Gasteiger partial charge in [0.05, 0.1) is 6.10 Å². The summed E-state index contributed by atoms with van der Waals surface area (Å²) in [7, 11) is 0. The van der Waals surface area contributed by atoms with E-state index in [0.717, 1.165) is 19.8 Å². The summed E-state index contributed by atoms with van der Waals surface area (Å²) in [5, 5.41) is 7.42. The van der Waals surface area contributed by atoms with Gasteiger partial charge in [-0.15, -0.1) is 0 Å². The van der Waals surface area contributed by atoms with Gasteiger partial charge in [0.25, 0.3) is 5.97 Å². The quantitative estimate of drug-likeness (QED) is 0.300. The normalized spacial score (nSPS) is 12.3. The summed E-state index contributed by atoms with van der Waals surface area (Å²) in [6.45, 7) is 13.0. The topological polar surface area (TPSA) is 63.6 Å². The maximum Gasteiger partial charge on any atom is 0.302 e. The SMILES string of the molecule is CC.CC(=O)O.CCCCCC/C=C/C(CC)C[C@H](C)OC(C)=O. The first kappa shape index (κ1) is 27.5. The first-order chi connectivity index (χ1) is 11.3. The lowest BCUT2D eigenvalue weighted by atomic mass is 9.98. The van der Waals surface area contributed by atoms with Crippen LogP contribution in [0.5, 0.6) is 0 Å². The summed E-state index contributed by atoms with van der Waals surface area (Å²) >= 11 is 0. The van der Waals surface area contributed by atoms with E-state index in [4.69, 9.17) is 14.6 Å². The Hall–Kier alpha value is -1.32. The van der Waals surface area contributed by atoms with Crippen LogP contribution in [0.15, 0.2) is 12.2 Å². The fraction of sp³-hybridized carbons (Fsp3) is 0.800. The van der Waals surface area contributed by atoms with Gasteiger partial charge in [-0.3, -0.25) is 9.59 Å². The molecule has 0 rings (SSSR count). The number of carboxylic acid groups (broad SMARTS) is 1. The Morgan fingerprint density at radius 3 is 2.04 bits per heavy atom. The molecular formula is C20H40O4. The third-order valence-corrected chi connectivity index (χ3v) is 3.16. The van der Waals surface area contributed by atoms with Crippen LogP contribution < -0.4 is 0 Å². The predicted molar refractivity (Wildman–Crippen MR) is 102 cm³/mol. The highest BCUT2D eigenvalue weighted by Gasteiger charge is 2.10. The minimum atomic E-state index is -0.833. The van der Waals surface area contributed by atoms with Crippen LogP contribution in [0.2, 0.25) is 0 Å². The Kier molecular flexibility index (Phi) is 24.9. The second-order valence-corrected chi connectivity index (χ2v) is 5.62. The van der Waals surface area contributed by atoms with E-state index in [1.54, 1.807) is 0 Å². The molecule has 0 bridgehead atoms. The number of carboxylic acids is 1. The van der Waals surface area contributed by atoms with Crippen molar-refractivity contribution in [2.75, 3.05) is 0 Å². The van der Waals surface area contributed by atoms with Crippen LogP contribution in [0.3, 0.4) is 0 Å². The number of rotatable bonds is 10. The van der Waals surface area contributed by atoms with Crippen molar-refractivity contribution in [2.45, 2.75) is 99.5 Å². The molecule has 1 unspecified atom stereocenters. The van der Waals surface area contributed by atoms with Gasteiger partial charge >= 0.3 is 5.97 Å². The number of unbranched alkanes of at least 4 members (excludes halogenated alkanes) is 4. The monoisotopic (exact) mass is 344 g/mol. The average Bonchev–Trinajstić information content (AvgIpc) is 2.50. The van der Waals surface area contributed by atoms with Crippen LogP contribution in [0.4, 0.5) is 0 Å². The van der Waals surface area contributed by atoms with Gasteiger partial charge in [0.2, 0.25) is 0 Å². The zero-order valence-corrected chi connectivity index (χ0v) is 16.9. The average molecular weight is 345 g/mol. The summed E-state index contributed by atoms with van der Waals surface area (Å²) in [5.74, 6) is -0.480. The zero-order chi connectivity index (χ0) is 19.4. The number of carbonyl (C=O) groups is 2. The number of carbonyl (C=O) groups excluding carboxylic acids is 1. The van der Waals surface area contributed by atoms with Crippen molar-refractivity contribution in [2.24, 2.45) is 5.92 Å². The lowest BCUT2D eigenvalue weighted by Crippen LogP contribution is -2.15. The van der Waals surface area contributed by atoms with E-state index in [2.05, 4.69) is 26.0 Å². The van der Waals surface area contributed by atoms with Crippen molar-refractivity contribution in [3.05, 3.63) is 12.2 Å². The molecular weight excluding hydrogens is 304 g/mol. The molecule has 4 heteroatoms. The van der Waals surface area contributed by atoms with Gasteiger partial charge in [0, 0.05) is 13.8 Å². The number of ether oxygens (including phenoxy) is 1. The molecule has 0 spiro atoms. The fourth-order valence-corrected chi connectivity index (χ4v) is 2.12. The van der Waals surface area contributed by atoms with Gasteiger partial charge in [-0.25, -0.2) is 0 Å². The number of hydrogen-bond acceptors (Lipinski definition) is 3. The number of esters is 1. The van der Waals surface area contributed by atoms with Crippen LogP contribution >= 0.6 is 0 Å². The highest BCUT2D eigenvalue weighted by molar-refractivity contribution is 5.66. The van der Waals surface area contributed by atoms with E-state index >= 15 is 0 Å². The van der Waals surface area contributed by atoms with Gasteiger partial charge in [0.1, 0.15) is 0 Å². The van der Waals surface area contributed by atoms with E-state index in [1.807, 2.05) is 20.8 Å². The maximum absolute atomic E-state index is 10.8. The van der Waals surface area contributed by atoms with Crippen LogP contribution in [-0.2, 0) is 14.3 Å². The summed E-state index contributed by atoms with van der Waals surface area (Å²) in [6, 6.07) is 0. The Morgan fingerprint density at radius 2 is 1.62 bits per heavy atom. The number of hydrogen-bond donors (Lipinski definition) is 1. The van der Waals surface area contributed by atoms with Crippen molar-refractivity contribution in [1.82, 2.24) is 0 Å². The Labute approximate surface area is 149 Å². The Bertz CT molecular complexity index is 307. The molecule has 1 N–H and O–H groups in total. The molecule has 4 nitrogen and oxygen atoms in total. The van der Waals surface area contributed by atoms with Gasteiger partial charge in [-0.05, 0) is 38.5 Å². The largest absolute Gasteiger partial charge is 0.481 e. The van der Waals surface area contributed by atoms with Crippen molar-refractivity contribution in [1.29, 1.82) is 0 Å². The molecule has 0 radical (unpaired) electrons. The predicted octanol–water partition coefficient (Wildman–Crippen LogP) is 6.00. The third-order valence-electron chi connectivity index (χ3n) is 3.16. The molecule has 144 valence electrons. The molecule has 0 heterocycles. The first-order valence-corrected chi connectivity index (χ1v) is 9.36. The van der Waals surface area contributed by atoms with Crippen molar-refractivity contribution in [3.63, 3.8) is 0 Å². The van der Waals surface area contributed by atoms with Crippen LogP contribution in [0, 0.1) is 5.92 Å². The molecule has 0 saturated carbocycles.